The van der Waals surface area contributed by atoms with Crippen molar-refractivity contribution in [2.75, 3.05) is 5.32 Å². The predicted octanol–water partition coefficient (Wildman–Crippen LogP) is 3.93. The second kappa shape index (κ2) is 8.51. The Kier molecular flexibility index (Phi) is 5.88. The predicted molar refractivity (Wildman–Crippen MR) is 113 cm³/mol. The second-order valence-electron chi connectivity index (χ2n) is 6.20. The molecule has 0 aromatic heterocycles. The number of hydrazine groups is 1. The van der Waals surface area contributed by atoms with E-state index in [2.05, 4.69) is 16.2 Å². The highest BCUT2D eigenvalue weighted by Crippen LogP contribution is 2.21. The molecule has 6 heteroatoms. The molecule has 5 nitrogen and oxygen atoms in total. The minimum atomic E-state index is -0.680. The molecule has 1 amide bonds. The number of ether oxygens (including phenoxy) is 1. The topological polar surface area (TPSA) is 62.4 Å². The van der Waals surface area contributed by atoms with Gasteiger partial charge in [-0.05, 0) is 61.1 Å². The van der Waals surface area contributed by atoms with Crippen molar-refractivity contribution in [2.24, 2.45) is 0 Å². The van der Waals surface area contributed by atoms with Crippen molar-refractivity contribution < 1.29 is 9.53 Å². The number of fused-ring (bicyclic) bond motifs is 1. The molecule has 0 spiro atoms. The Morgan fingerprint density at radius 3 is 2.41 bits per heavy atom. The summed E-state index contributed by atoms with van der Waals surface area (Å²) in [4.78, 5) is 12.2. The van der Waals surface area contributed by atoms with Gasteiger partial charge in [0.25, 0.3) is 5.91 Å². The fourth-order valence-corrected chi connectivity index (χ4v) is 2.69. The Morgan fingerprint density at radius 1 is 0.963 bits per heavy atom. The minimum absolute atomic E-state index is 0.296. The maximum absolute atomic E-state index is 12.2. The normalized spacial score (nSPS) is 11.5. The number of rotatable bonds is 4. The zero-order valence-electron chi connectivity index (χ0n) is 15.2. The van der Waals surface area contributed by atoms with Crippen molar-refractivity contribution in [2.45, 2.75) is 20.0 Å². The lowest BCUT2D eigenvalue weighted by atomic mass is 10.1. The van der Waals surface area contributed by atoms with Gasteiger partial charge in [-0.15, -0.1) is 0 Å². The molecule has 0 unspecified atom stereocenters. The van der Waals surface area contributed by atoms with E-state index in [9.17, 15) is 4.79 Å². The second-order valence-corrected chi connectivity index (χ2v) is 6.61. The van der Waals surface area contributed by atoms with Crippen LogP contribution in [0.15, 0.2) is 66.7 Å². The number of amides is 1. The van der Waals surface area contributed by atoms with Crippen LogP contribution >= 0.6 is 12.2 Å². The first-order valence-electron chi connectivity index (χ1n) is 8.60. The SMILES string of the molecule is Cc1ccc(NC(=S)NNC(=O)[C@@H](C)Oc2ccc3ccccc3c2)cc1. The maximum atomic E-state index is 12.2. The molecule has 0 radical (unpaired) electrons. The zero-order chi connectivity index (χ0) is 19.2. The molecule has 0 fully saturated rings. The van der Waals surface area contributed by atoms with Crippen LogP contribution in [0.4, 0.5) is 5.69 Å². The Morgan fingerprint density at radius 2 is 1.67 bits per heavy atom. The third-order valence-corrected chi connectivity index (χ3v) is 4.22. The summed E-state index contributed by atoms with van der Waals surface area (Å²) >= 11 is 5.18. The molecule has 3 aromatic carbocycles. The molecular weight excluding hydrogens is 358 g/mol. The highest BCUT2D eigenvalue weighted by Gasteiger charge is 2.15. The van der Waals surface area contributed by atoms with Gasteiger partial charge < -0.3 is 10.1 Å². The summed E-state index contributed by atoms with van der Waals surface area (Å²) in [6, 6.07) is 21.5. The van der Waals surface area contributed by atoms with Crippen molar-refractivity contribution in [3.8, 4) is 5.75 Å². The van der Waals surface area contributed by atoms with Crippen LogP contribution in [0.1, 0.15) is 12.5 Å². The lowest BCUT2D eigenvalue weighted by Crippen LogP contribution is -2.48. The Bertz CT molecular complexity index is 957. The molecule has 0 bridgehead atoms. The molecule has 0 saturated heterocycles. The van der Waals surface area contributed by atoms with Crippen molar-refractivity contribution >= 4 is 39.7 Å². The van der Waals surface area contributed by atoms with E-state index in [0.717, 1.165) is 22.0 Å². The van der Waals surface area contributed by atoms with Crippen LogP contribution in [-0.2, 0) is 4.79 Å². The molecule has 0 aliphatic rings. The van der Waals surface area contributed by atoms with Gasteiger partial charge in [-0.1, -0.05) is 48.0 Å². The third kappa shape index (κ3) is 5.18. The number of carbonyl (C=O) groups excluding carboxylic acids is 1. The summed E-state index contributed by atoms with van der Waals surface area (Å²) in [5.74, 6) is 0.313. The first-order valence-corrected chi connectivity index (χ1v) is 9.01. The number of anilines is 1. The van der Waals surface area contributed by atoms with E-state index < -0.39 is 6.10 Å². The number of thiocarbonyl (C=S) groups is 1. The fourth-order valence-electron chi connectivity index (χ4n) is 2.52. The molecule has 3 aromatic rings. The molecule has 0 aliphatic heterocycles. The number of hydrogen-bond acceptors (Lipinski definition) is 3. The van der Waals surface area contributed by atoms with E-state index in [1.165, 1.54) is 0 Å². The van der Waals surface area contributed by atoms with Gasteiger partial charge in [-0.25, -0.2) is 0 Å². The van der Waals surface area contributed by atoms with Crippen LogP contribution in [0.25, 0.3) is 10.8 Å². The number of carbonyl (C=O) groups is 1. The highest BCUT2D eigenvalue weighted by atomic mass is 32.1. The number of hydrogen-bond donors (Lipinski definition) is 3. The number of benzene rings is 3. The van der Waals surface area contributed by atoms with Crippen molar-refractivity contribution in [3.05, 3.63) is 72.3 Å². The Hall–Kier alpha value is -3.12. The van der Waals surface area contributed by atoms with Gasteiger partial charge in [0.05, 0.1) is 0 Å². The maximum Gasteiger partial charge on any atom is 0.279 e. The molecule has 0 aliphatic carbocycles. The summed E-state index contributed by atoms with van der Waals surface area (Å²) in [6.45, 7) is 3.69. The average molecular weight is 379 g/mol. The van der Waals surface area contributed by atoms with E-state index in [0.29, 0.717) is 10.9 Å². The lowest BCUT2D eigenvalue weighted by Gasteiger charge is -2.17. The molecule has 3 N–H and O–H groups in total. The summed E-state index contributed by atoms with van der Waals surface area (Å²) in [5, 5.41) is 5.48. The van der Waals surface area contributed by atoms with Gasteiger partial charge in [0.2, 0.25) is 0 Å². The van der Waals surface area contributed by atoms with Gasteiger partial charge in [-0.2, -0.15) is 0 Å². The molecular formula is C21H21N3O2S. The molecule has 0 saturated carbocycles. The fraction of sp³-hybridized carbons (Fsp3) is 0.143. The van der Waals surface area contributed by atoms with E-state index in [-0.39, 0.29) is 5.91 Å². The van der Waals surface area contributed by atoms with Crippen LogP contribution in [-0.4, -0.2) is 17.1 Å². The molecule has 0 heterocycles. The standard InChI is InChI=1S/C21H21N3O2S/c1-14-7-10-18(11-8-14)22-21(27)24-23-20(25)15(2)26-19-12-9-16-5-3-4-6-17(16)13-19/h3-13,15H,1-2H3,(H,23,25)(H2,22,24,27)/t15-/m1/s1. The van der Waals surface area contributed by atoms with Crippen LogP contribution < -0.4 is 20.9 Å². The Labute approximate surface area is 163 Å². The Balaban J connectivity index is 1.50. The van der Waals surface area contributed by atoms with Crippen molar-refractivity contribution in [1.29, 1.82) is 0 Å². The average Bonchev–Trinajstić information content (AvgIpc) is 2.67. The van der Waals surface area contributed by atoms with Gasteiger partial charge in [0, 0.05) is 5.69 Å². The van der Waals surface area contributed by atoms with Crippen LogP contribution in [0, 0.1) is 6.92 Å². The van der Waals surface area contributed by atoms with Gasteiger partial charge in [0.1, 0.15) is 5.75 Å². The third-order valence-electron chi connectivity index (χ3n) is 4.01. The van der Waals surface area contributed by atoms with E-state index in [1.54, 1.807) is 6.92 Å². The summed E-state index contributed by atoms with van der Waals surface area (Å²) in [7, 11) is 0. The highest BCUT2D eigenvalue weighted by molar-refractivity contribution is 7.80. The number of nitrogens with one attached hydrogen (secondary N) is 3. The van der Waals surface area contributed by atoms with Crippen LogP contribution in [0.5, 0.6) is 5.75 Å². The molecule has 27 heavy (non-hydrogen) atoms. The lowest BCUT2D eigenvalue weighted by molar-refractivity contribution is -0.127. The monoisotopic (exact) mass is 379 g/mol. The zero-order valence-corrected chi connectivity index (χ0v) is 16.0. The van der Waals surface area contributed by atoms with E-state index in [4.69, 9.17) is 17.0 Å². The summed E-state index contributed by atoms with van der Waals surface area (Å²) in [6.07, 6.45) is -0.680. The van der Waals surface area contributed by atoms with Crippen molar-refractivity contribution in [1.82, 2.24) is 10.9 Å². The van der Waals surface area contributed by atoms with E-state index in [1.807, 2.05) is 73.7 Å². The van der Waals surface area contributed by atoms with Crippen LogP contribution in [0.2, 0.25) is 0 Å². The quantitative estimate of drug-likeness (QED) is 0.474. The van der Waals surface area contributed by atoms with Crippen LogP contribution in [0.3, 0.4) is 0 Å². The summed E-state index contributed by atoms with van der Waals surface area (Å²) < 4.78 is 5.73. The first kappa shape index (κ1) is 18.7. The largest absolute Gasteiger partial charge is 0.481 e. The van der Waals surface area contributed by atoms with Gasteiger partial charge >= 0.3 is 0 Å². The molecule has 138 valence electrons. The minimum Gasteiger partial charge on any atom is -0.481 e. The number of aryl methyl sites for hydroxylation is 1. The first-order chi connectivity index (χ1) is 13.0. The summed E-state index contributed by atoms with van der Waals surface area (Å²) in [5.41, 5.74) is 7.24. The molecule has 3 rings (SSSR count). The van der Waals surface area contributed by atoms with Crippen molar-refractivity contribution in [3.63, 3.8) is 0 Å². The smallest absolute Gasteiger partial charge is 0.279 e. The van der Waals surface area contributed by atoms with E-state index >= 15 is 0 Å². The van der Waals surface area contributed by atoms with Gasteiger partial charge in [-0.3, -0.25) is 15.6 Å². The van der Waals surface area contributed by atoms with Gasteiger partial charge in [0.15, 0.2) is 11.2 Å². The molecule has 1 atom stereocenters.